The number of hydrazone groups is 1. The van der Waals surface area contributed by atoms with Crippen LogP contribution in [0, 0.1) is 0 Å². The summed E-state index contributed by atoms with van der Waals surface area (Å²) < 4.78 is 10.5. The second kappa shape index (κ2) is 8.44. The minimum absolute atomic E-state index is 0.167. The van der Waals surface area contributed by atoms with Crippen LogP contribution in [0.25, 0.3) is 0 Å². The van der Waals surface area contributed by atoms with Crippen molar-refractivity contribution in [3.8, 4) is 5.75 Å². The fourth-order valence-corrected chi connectivity index (χ4v) is 2.66. The molecule has 0 radical (unpaired) electrons. The summed E-state index contributed by atoms with van der Waals surface area (Å²) in [6.45, 7) is -0.167. The molecule has 0 atom stereocenters. The van der Waals surface area contributed by atoms with E-state index >= 15 is 0 Å². The molecule has 0 aliphatic rings. The SMILES string of the molecule is COC(=O)COc1ccc(/C=N\NC(=O)c2cccs2)cc1Br. The normalized spacial score (nSPS) is 10.5. The molecule has 2 rings (SSSR count). The van der Waals surface area contributed by atoms with E-state index in [1.807, 2.05) is 5.38 Å². The third kappa shape index (κ3) is 5.19. The van der Waals surface area contributed by atoms with Crippen LogP contribution >= 0.6 is 27.3 Å². The maximum absolute atomic E-state index is 11.7. The van der Waals surface area contributed by atoms with Gasteiger partial charge in [0.15, 0.2) is 6.61 Å². The van der Waals surface area contributed by atoms with Gasteiger partial charge in [-0.25, -0.2) is 10.2 Å². The van der Waals surface area contributed by atoms with Crippen LogP contribution in [0.3, 0.4) is 0 Å². The molecule has 23 heavy (non-hydrogen) atoms. The van der Waals surface area contributed by atoms with Gasteiger partial charge in [0.1, 0.15) is 5.75 Å². The second-order valence-electron chi connectivity index (χ2n) is 4.23. The maximum atomic E-state index is 11.7. The zero-order valence-electron chi connectivity index (χ0n) is 12.1. The summed E-state index contributed by atoms with van der Waals surface area (Å²) >= 11 is 4.69. The van der Waals surface area contributed by atoms with Gasteiger partial charge in [0.05, 0.1) is 22.7 Å². The minimum Gasteiger partial charge on any atom is -0.481 e. The second-order valence-corrected chi connectivity index (χ2v) is 6.03. The summed E-state index contributed by atoms with van der Waals surface area (Å²) in [6, 6.07) is 8.72. The van der Waals surface area contributed by atoms with Gasteiger partial charge in [-0.1, -0.05) is 6.07 Å². The third-order valence-corrected chi connectivity index (χ3v) is 4.14. The number of carbonyl (C=O) groups is 2. The summed E-state index contributed by atoms with van der Waals surface area (Å²) in [6.07, 6.45) is 1.51. The third-order valence-electron chi connectivity index (χ3n) is 2.65. The lowest BCUT2D eigenvalue weighted by Gasteiger charge is -2.07. The summed E-state index contributed by atoms with van der Waals surface area (Å²) in [7, 11) is 1.30. The molecular weight excluding hydrogens is 384 g/mol. The van der Waals surface area contributed by atoms with Gasteiger partial charge in [-0.3, -0.25) is 4.79 Å². The van der Waals surface area contributed by atoms with Crippen molar-refractivity contribution in [2.75, 3.05) is 13.7 Å². The van der Waals surface area contributed by atoms with Crippen LogP contribution in [-0.4, -0.2) is 31.8 Å². The van der Waals surface area contributed by atoms with Crippen molar-refractivity contribution in [3.63, 3.8) is 0 Å². The average molecular weight is 397 g/mol. The molecule has 0 spiro atoms. The van der Waals surface area contributed by atoms with E-state index in [9.17, 15) is 9.59 Å². The molecule has 0 aliphatic carbocycles. The molecule has 1 heterocycles. The van der Waals surface area contributed by atoms with Crippen LogP contribution in [0.1, 0.15) is 15.2 Å². The predicted molar refractivity (Wildman–Crippen MR) is 91.0 cm³/mol. The van der Waals surface area contributed by atoms with E-state index in [1.165, 1.54) is 24.7 Å². The Balaban J connectivity index is 1.93. The van der Waals surface area contributed by atoms with E-state index < -0.39 is 5.97 Å². The van der Waals surface area contributed by atoms with Crippen LogP contribution in [-0.2, 0) is 9.53 Å². The molecule has 1 N–H and O–H groups in total. The quantitative estimate of drug-likeness (QED) is 0.462. The van der Waals surface area contributed by atoms with Gasteiger partial charge in [-0.2, -0.15) is 5.10 Å². The first-order valence-corrected chi connectivity index (χ1v) is 8.13. The fraction of sp³-hybridized carbons (Fsp3) is 0.133. The number of methoxy groups -OCH3 is 1. The Hall–Kier alpha value is -2.19. The zero-order chi connectivity index (χ0) is 16.7. The van der Waals surface area contributed by atoms with Crippen LogP contribution in [0.15, 0.2) is 45.3 Å². The fourth-order valence-electron chi connectivity index (χ4n) is 1.54. The van der Waals surface area contributed by atoms with Gasteiger partial charge in [0.2, 0.25) is 0 Å². The van der Waals surface area contributed by atoms with Crippen molar-refractivity contribution in [2.45, 2.75) is 0 Å². The van der Waals surface area contributed by atoms with E-state index in [4.69, 9.17) is 4.74 Å². The number of ether oxygens (including phenoxy) is 2. The molecular formula is C15H13BrN2O4S. The van der Waals surface area contributed by atoms with Gasteiger partial charge in [0.25, 0.3) is 5.91 Å². The molecule has 0 saturated carbocycles. The smallest absolute Gasteiger partial charge is 0.343 e. The first-order chi connectivity index (χ1) is 11.1. The van der Waals surface area contributed by atoms with Crippen molar-refractivity contribution < 1.29 is 19.1 Å². The van der Waals surface area contributed by atoms with E-state index in [1.54, 1.807) is 30.3 Å². The topological polar surface area (TPSA) is 77.0 Å². The molecule has 2 aromatic rings. The van der Waals surface area contributed by atoms with Gasteiger partial charge >= 0.3 is 5.97 Å². The van der Waals surface area contributed by atoms with E-state index in [0.717, 1.165) is 5.56 Å². The van der Waals surface area contributed by atoms with Gasteiger partial charge in [-0.05, 0) is 51.1 Å². The highest BCUT2D eigenvalue weighted by Crippen LogP contribution is 2.25. The Bertz CT molecular complexity index is 716. The standard InChI is InChI=1S/C15H13BrN2O4S/c1-21-14(19)9-22-12-5-4-10(7-11(12)16)8-17-18-15(20)13-3-2-6-23-13/h2-8H,9H2,1H3,(H,18,20)/b17-8-. The lowest BCUT2D eigenvalue weighted by Crippen LogP contribution is -2.16. The van der Waals surface area contributed by atoms with Gasteiger partial charge in [-0.15, -0.1) is 11.3 Å². The highest BCUT2D eigenvalue weighted by atomic mass is 79.9. The van der Waals surface area contributed by atoms with E-state index in [-0.39, 0.29) is 12.5 Å². The van der Waals surface area contributed by atoms with E-state index in [0.29, 0.717) is 15.1 Å². The Kier molecular flexibility index (Phi) is 6.30. The number of esters is 1. The number of amides is 1. The summed E-state index contributed by atoms with van der Waals surface area (Å²) in [5.74, 6) is -0.206. The lowest BCUT2D eigenvalue weighted by atomic mass is 10.2. The van der Waals surface area contributed by atoms with Crippen molar-refractivity contribution in [1.82, 2.24) is 5.43 Å². The molecule has 1 amide bonds. The molecule has 1 aromatic heterocycles. The zero-order valence-corrected chi connectivity index (χ0v) is 14.5. The van der Waals surface area contributed by atoms with Crippen molar-refractivity contribution in [3.05, 3.63) is 50.6 Å². The largest absolute Gasteiger partial charge is 0.481 e. The highest BCUT2D eigenvalue weighted by molar-refractivity contribution is 9.10. The number of hydrogen-bond acceptors (Lipinski definition) is 6. The van der Waals surface area contributed by atoms with Crippen LogP contribution in [0.4, 0.5) is 0 Å². The predicted octanol–water partition coefficient (Wildman–Crippen LogP) is 2.83. The summed E-state index contributed by atoms with van der Waals surface area (Å²) in [4.78, 5) is 23.3. The monoisotopic (exact) mass is 396 g/mol. The molecule has 0 bridgehead atoms. The maximum Gasteiger partial charge on any atom is 0.343 e. The summed E-state index contributed by atoms with van der Waals surface area (Å²) in [5.41, 5.74) is 3.21. The number of carbonyl (C=O) groups excluding carboxylic acids is 2. The average Bonchev–Trinajstić information content (AvgIpc) is 3.08. The number of nitrogens with zero attached hydrogens (tertiary/aromatic N) is 1. The molecule has 1 aromatic carbocycles. The number of rotatable bonds is 6. The number of halogens is 1. The Morgan fingerprint density at radius 1 is 1.39 bits per heavy atom. The van der Waals surface area contributed by atoms with E-state index in [2.05, 4.69) is 31.2 Å². The molecule has 0 saturated heterocycles. The molecule has 6 nitrogen and oxygen atoms in total. The summed E-state index contributed by atoms with van der Waals surface area (Å²) in [5, 5.41) is 5.72. The van der Waals surface area contributed by atoms with Crippen molar-refractivity contribution in [1.29, 1.82) is 0 Å². The molecule has 0 aliphatic heterocycles. The first-order valence-electron chi connectivity index (χ1n) is 6.46. The highest BCUT2D eigenvalue weighted by Gasteiger charge is 2.06. The Morgan fingerprint density at radius 3 is 2.87 bits per heavy atom. The molecule has 120 valence electrons. The van der Waals surface area contributed by atoms with Crippen LogP contribution in [0.2, 0.25) is 0 Å². The molecule has 8 heteroatoms. The Morgan fingerprint density at radius 2 is 2.22 bits per heavy atom. The van der Waals surface area contributed by atoms with Crippen molar-refractivity contribution >= 4 is 45.4 Å². The van der Waals surface area contributed by atoms with Crippen LogP contribution < -0.4 is 10.2 Å². The van der Waals surface area contributed by atoms with Crippen LogP contribution in [0.5, 0.6) is 5.75 Å². The number of nitrogens with one attached hydrogen (secondary N) is 1. The van der Waals surface area contributed by atoms with Crippen molar-refractivity contribution in [2.24, 2.45) is 5.10 Å². The van der Waals surface area contributed by atoms with Gasteiger partial charge in [0, 0.05) is 0 Å². The minimum atomic E-state index is -0.459. The van der Waals surface area contributed by atoms with Gasteiger partial charge < -0.3 is 9.47 Å². The first kappa shape index (κ1) is 17.2. The number of benzene rings is 1. The number of thiophene rings is 1. The Labute approximate surface area is 145 Å². The molecule has 0 fully saturated rings. The lowest BCUT2D eigenvalue weighted by molar-refractivity contribution is -0.142. The number of hydrogen-bond donors (Lipinski definition) is 1. The molecule has 0 unspecified atom stereocenters.